The molecule has 1 saturated heterocycles. The fraction of sp³-hybridized carbons (Fsp3) is 0.438. The molecule has 1 aliphatic heterocycles. The molecule has 0 atom stereocenters. The van der Waals surface area contributed by atoms with Crippen LogP contribution in [0.2, 0.25) is 0 Å². The number of hydrogen-bond acceptors (Lipinski definition) is 5. The Balaban J connectivity index is 1.40. The zero-order valence-electron chi connectivity index (χ0n) is 12.6. The van der Waals surface area contributed by atoms with Crippen LogP contribution in [0.25, 0.3) is 0 Å². The highest BCUT2D eigenvalue weighted by Gasteiger charge is 2.32. The summed E-state index contributed by atoms with van der Waals surface area (Å²) in [5.41, 5.74) is 0.792. The highest BCUT2D eigenvalue weighted by atomic mass is 19.1. The first-order valence-electron chi connectivity index (χ1n) is 7.79. The van der Waals surface area contributed by atoms with E-state index in [4.69, 9.17) is 4.42 Å². The molecule has 2 heterocycles. The lowest BCUT2D eigenvalue weighted by Crippen LogP contribution is -2.50. The van der Waals surface area contributed by atoms with Crippen LogP contribution >= 0.6 is 0 Å². The molecule has 0 radical (unpaired) electrons. The number of amides is 1. The fourth-order valence-corrected chi connectivity index (χ4v) is 2.74. The maximum absolute atomic E-state index is 13.2. The van der Waals surface area contributed by atoms with Crippen LogP contribution in [-0.2, 0) is 11.3 Å². The second-order valence-corrected chi connectivity index (χ2v) is 6.06. The molecule has 1 aromatic heterocycles. The lowest BCUT2D eigenvalue weighted by atomic mass is 10.2. The number of carbonyl (C=O) groups is 1. The number of carbonyl (C=O) groups excluding carboxylic acids is 1. The summed E-state index contributed by atoms with van der Waals surface area (Å²) in [5.74, 6) is 0.773. The Hall–Kier alpha value is -2.44. The minimum atomic E-state index is -0.285. The molecular weight excluding hydrogens is 299 g/mol. The average Bonchev–Trinajstić information content (AvgIpc) is 3.27. The summed E-state index contributed by atoms with van der Waals surface area (Å²) in [4.78, 5) is 15.9. The molecule has 7 heteroatoms. The Morgan fingerprint density at radius 2 is 2.13 bits per heavy atom. The molecule has 0 N–H and O–H groups in total. The summed E-state index contributed by atoms with van der Waals surface area (Å²) in [6.07, 6.45) is 2.20. The predicted molar refractivity (Wildman–Crippen MR) is 80.3 cm³/mol. The van der Waals surface area contributed by atoms with E-state index in [-0.39, 0.29) is 18.3 Å². The summed E-state index contributed by atoms with van der Waals surface area (Å²) >= 11 is 0. The molecule has 0 unspecified atom stereocenters. The third-order valence-electron chi connectivity index (χ3n) is 4.21. The normalized spacial score (nSPS) is 18.6. The van der Waals surface area contributed by atoms with E-state index in [2.05, 4.69) is 10.2 Å². The van der Waals surface area contributed by atoms with Crippen LogP contribution in [0.5, 0.6) is 0 Å². The first-order chi connectivity index (χ1) is 11.2. The Morgan fingerprint density at radius 1 is 1.26 bits per heavy atom. The van der Waals surface area contributed by atoms with E-state index < -0.39 is 0 Å². The van der Waals surface area contributed by atoms with Crippen molar-refractivity contribution in [2.45, 2.75) is 25.3 Å². The number of anilines is 1. The third-order valence-corrected chi connectivity index (χ3v) is 4.21. The van der Waals surface area contributed by atoms with E-state index in [0.29, 0.717) is 37.5 Å². The molecule has 6 nitrogen and oxygen atoms in total. The van der Waals surface area contributed by atoms with Crippen LogP contribution in [0.4, 0.5) is 10.4 Å². The summed E-state index contributed by atoms with van der Waals surface area (Å²) in [7, 11) is 0. The van der Waals surface area contributed by atoms with Gasteiger partial charge in [0.2, 0.25) is 11.8 Å². The molecule has 4 rings (SSSR count). The minimum absolute atomic E-state index is 0.0216. The Bertz CT molecular complexity index is 728. The average molecular weight is 316 g/mol. The summed E-state index contributed by atoms with van der Waals surface area (Å²) in [5, 5.41) is 8.10. The number of halogens is 1. The molecule has 120 valence electrons. The van der Waals surface area contributed by atoms with Crippen molar-refractivity contribution in [1.29, 1.82) is 0 Å². The second kappa shape index (κ2) is 5.64. The molecule has 1 aliphatic carbocycles. The van der Waals surface area contributed by atoms with Crippen LogP contribution in [0.3, 0.4) is 0 Å². The minimum Gasteiger partial charge on any atom is -0.408 e. The van der Waals surface area contributed by atoms with E-state index in [0.717, 1.165) is 18.4 Å². The predicted octanol–water partition coefficient (Wildman–Crippen LogP) is 1.93. The van der Waals surface area contributed by atoms with Gasteiger partial charge in [0.15, 0.2) is 0 Å². The Morgan fingerprint density at radius 3 is 2.87 bits per heavy atom. The van der Waals surface area contributed by atoms with Crippen molar-refractivity contribution in [2.75, 3.05) is 24.5 Å². The van der Waals surface area contributed by atoms with Crippen molar-refractivity contribution < 1.29 is 13.6 Å². The van der Waals surface area contributed by atoms with Crippen molar-refractivity contribution in [1.82, 2.24) is 15.1 Å². The number of piperazine rings is 1. The van der Waals surface area contributed by atoms with Gasteiger partial charge in [-0.25, -0.2) is 4.39 Å². The number of rotatable bonds is 4. The van der Waals surface area contributed by atoms with E-state index in [1.54, 1.807) is 11.0 Å². The molecule has 1 saturated carbocycles. The lowest BCUT2D eigenvalue weighted by molar-refractivity contribution is -0.131. The highest BCUT2D eigenvalue weighted by molar-refractivity contribution is 5.82. The Labute approximate surface area is 132 Å². The molecule has 1 aromatic carbocycles. The third kappa shape index (κ3) is 3.04. The highest BCUT2D eigenvalue weighted by Crippen LogP contribution is 2.39. The van der Waals surface area contributed by atoms with Gasteiger partial charge in [-0.1, -0.05) is 17.2 Å². The standard InChI is InChI=1S/C16H17FN4O2/c17-13-3-1-2-11(8-13)9-20-6-7-21(10-14(20)22)16-19-18-15(23-16)12-4-5-12/h1-3,8,12H,4-7,9-10H2. The molecule has 23 heavy (non-hydrogen) atoms. The Kier molecular flexibility index (Phi) is 3.48. The first-order valence-corrected chi connectivity index (χ1v) is 7.79. The quantitative estimate of drug-likeness (QED) is 0.862. The number of hydrogen-bond donors (Lipinski definition) is 0. The van der Waals surface area contributed by atoms with Gasteiger partial charge in [-0.2, -0.15) is 0 Å². The van der Waals surface area contributed by atoms with E-state index in [1.807, 2.05) is 11.0 Å². The monoisotopic (exact) mass is 316 g/mol. The van der Waals surface area contributed by atoms with Gasteiger partial charge in [0, 0.05) is 25.6 Å². The number of aromatic nitrogens is 2. The molecule has 1 amide bonds. The fourth-order valence-electron chi connectivity index (χ4n) is 2.74. The van der Waals surface area contributed by atoms with Gasteiger partial charge < -0.3 is 14.2 Å². The van der Waals surface area contributed by atoms with Gasteiger partial charge in [0.25, 0.3) is 0 Å². The molecular formula is C16H17FN4O2. The number of benzene rings is 1. The van der Waals surface area contributed by atoms with Crippen LogP contribution in [0.15, 0.2) is 28.7 Å². The summed E-state index contributed by atoms with van der Waals surface area (Å²) < 4.78 is 18.9. The van der Waals surface area contributed by atoms with Gasteiger partial charge in [0.1, 0.15) is 12.4 Å². The largest absolute Gasteiger partial charge is 0.408 e. The van der Waals surface area contributed by atoms with Gasteiger partial charge in [-0.3, -0.25) is 4.79 Å². The van der Waals surface area contributed by atoms with E-state index in [1.165, 1.54) is 12.1 Å². The van der Waals surface area contributed by atoms with Gasteiger partial charge in [0.05, 0.1) is 0 Å². The zero-order chi connectivity index (χ0) is 15.8. The molecule has 2 aliphatic rings. The molecule has 2 fully saturated rings. The SMILES string of the molecule is O=C1CN(c2nnc(C3CC3)o2)CCN1Cc1cccc(F)c1. The zero-order valence-corrected chi connectivity index (χ0v) is 12.6. The maximum Gasteiger partial charge on any atom is 0.318 e. The lowest BCUT2D eigenvalue weighted by Gasteiger charge is -2.33. The summed E-state index contributed by atoms with van der Waals surface area (Å²) in [6, 6.07) is 6.76. The van der Waals surface area contributed by atoms with Gasteiger partial charge in [-0.15, -0.1) is 5.10 Å². The van der Waals surface area contributed by atoms with Gasteiger partial charge >= 0.3 is 6.01 Å². The van der Waals surface area contributed by atoms with Crippen molar-refractivity contribution in [2.24, 2.45) is 0 Å². The first kappa shape index (κ1) is 14.2. The maximum atomic E-state index is 13.2. The smallest absolute Gasteiger partial charge is 0.318 e. The molecule has 2 aromatic rings. The van der Waals surface area contributed by atoms with Crippen LogP contribution in [-0.4, -0.2) is 40.6 Å². The van der Waals surface area contributed by atoms with E-state index >= 15 is 0 Å². The number of nitrogens with zero attached hydrogens (tertiary/aromatic N) is 4. The van der Waals surface area contributed by atoms with Gasteiger partial charge in [-0.05, 0) is 30.5 Å². The topological polar surface area (TPSA) is 62.5 Å². The van der Waals surface area contributed by atoms with Crippen LogP contribution in [0, 0.1) is 5.82 Å². The van der Waals surface area contributed by atoms with Crippen molar-refractivity contribution in [3.8, 4) is 0 Å². The van der Waals surface area contributed by atoms with Crippen LogP contribution < -0.4 is 4.90 Å². The van der Waals surface area contributed by atoms with Crippen LogP contribution in [0.1, 0.15) is 30.2 Å². The molecule has 0 spiro atoms. The van der Waals surface area contributed by atoms with E-state index in [9.17, 15) is 9.18 Å². The van der Waals surface area contributed by atoms with Crippen molar-refractivity contribution >= 4 is 11.9 Å². The summed E-state index contributed by atoms with van der Waals surface area (Å²) in [6.45, 7) is 1.81. The molecule has 0 bridgehead atoms. The van der Waals surface area contributed by atoms with Crippen molar-refractivity contribution in [3.05, 3.63) is 41.5 Å². The van der Waals surface area contributed by atoms with Crippen molar-refractivity contribution in [3.63, 3.8) is 0 Å². The second-order valence-electron chi connectivity index (χ2n) is 6.06.